The average Bonchev–Trinajstić information content (AvgIpc) is 2.33. The van der Waals surface area contributed by atoms with Gasteiger partial charge >= 0.3 is 12.1 Å². The molecule has 1 aromatic heterocycles. The van der Waals surface area contributed by atoms with Crippen LogP contribution in [-0.2, 0) is 0 Å². The number of hydrogen-bond acceptors (Lipinski definition) is 5. The van der Waals surface area contributed by atoms with Gasteiger partial charge in [-0.1, -0.05) is 0 Å². The first-order valence-electron chi connectivity index (χ1n) is 2.37. The Hall–Kier alpha value is -1.99. The molecule has 0 amide bonds. The lowest BCUT2D eigenvalue weighted by atomic mass is 10.8. The molecule has 0 fully saturated rings. The molecule has 0 saturated carbocycles. The number of imidazole rings is 1. The zero-order valence-electron chi connectivity index (χ0n) is 5.00. The smallest absolute Gasteiger partial charge is 0.358 e. The van der Waals surface area contributed by atoms with Crippen molar-refractivity contribution >= 4 is 5.82 Å². The fourth-order valence-electron chi connectivity index (χ4n) is 0.441. The summed E-state index contributed by atoms with van der Waals surface area (Å²) in [4.78, 5) is 22.0. The van der Waals surface area contributed by atoms with Crippen molar-refractivity contribution in [3.8, 4) is 0 Å². The minimum Gasteiger partial charge on any atom is -0.358 e. The van der Waals surface area contributed by atoms with Gasteiger partial charge in [-0.05, 0) is 14.6 Å². The summed E-state index contributed by atoms with van der Waals surface area (Å²) < 4.78 is 0.290. The van der Waals surface area contributed by atoms with Gasteiger partial charge in [0.1, 0.15) is 0 Å². The lowest BCUT2D eigenvalue weighted by Gasteiger charge is -1.83. The first-order chi connectivity index (χ1) is 5.11. The second-order valence-electron chi connectivity index (χ2n) is 1.54. The molecule has 8 heteroatoms. The van der Waals surface area contributed by atoms with E-state index in [-0.39, 0.29) is 4.68 Å². The standard InChI is InChI=1S/C3HN4O4/c8-6(9)3-1-5(2-4-3)7(10)11/h1H. The number of nitro groups is 2. The minimum atomic E-state index is -0.875. The number of hydrogen-bond donors (Lipinski definition) is 0. The third-order valence-corrected chi connectivity index (χ3v) is 0.868. The van der Waals surface area contributed by atoms with Gasteiger partial charge in [0.05, 0.1) is 0 Å². The summed E-state index contributed by atoms with van der Waals surface area (Å²) in [7, 11) is 0. The van der Waals surface area contributed by atoms with Gasteiger partial charge in [0.2, 0.25) is 0 Å². The van der Waals surface area contributed by atoms with Crippen LogP contribution in [-0.4, -0.2) is 19.6 Å². The lowest BCUT2D eigenvalue weighted by molar-refractivity contribution is -0.543. The van der Waals surface area contributed by atoms with Gasteiger partial charge < -0.3 is 10.1 Å². The molecule has 1 heterocycles. The molecule has 0 bridgehead atoms. The van der Waals surface area contributed by atoms with Gasteiger partial charge in [0.15, 0.2) is 11.2 Å². The van der Waals surface area contributed by atoms with Crippen molar-refractivity contribution in [1.29, 1.82) is 0 Å². The van der Waals surface area contributed by atoms with Crippen LogP contribution in [0.25, 0.3) is 0 Å². The van der Waals surface area contributed by atoms with Gasteiger partial charge in [0.25, 0.3) is 0 Å². The van der Waals surface area contributed by atoms with Crippen LogP contribution >= 0.6 is 0 Å². The summed E-state index contributed by atoms with van der Waals surface area (Å²) >= 11 is 0. The Morgan fingerprint density at radius 2 is 2.18 bits per heavy atom. The van der Waals surface area contributed by atoms with Crippen molar-refractivity contribution < 1.29 is 9.96 Å². The van der Waals surface area contributed by atoms with Gasteiger partial charge in [-0.25, -0.2) is 10.1 Å². The average molecular weight is 157 g/mol. The maximum absolute atomic E-state index is 9.92. The molecule has 57 valence electrons. The predicted octanol–water partition coefficient (Wildman–Crippen LogP) is -0.369. The van der Waals surface area contributed by atoms with Crippen molar-refractivity contribution in [2.45, 2.75) is 0 Å². The molecule has 0 aliphatic carbocycles. The monoisotopic (exact) mass is 157 g/mol. The Bertz CT molecular complexity index is 276. The molecular weight excluding hydrogens is 156 g/mol. The highest BCUT2D eigenvalue weighted by Crippen LogP contribution is 2.03. The Balaban J connectivity index is 2.99. The molecule has 1 rings (SSSR count). The van der Waals surface area contributed by atoms with Crippen molar-refractivity contribution in [3.05, 3.63) is 32.8 Å². The van der Waals surface area contributed by atoms with E-state index in [1.165, 1.54) is 0 Å². The molecule has 0 N–H and O–H groups in total. The fourth-order valence-corrected chi connectivity index (χ4v) is 0.441. The highest BCUT2D eigenvalue weighted by molar-refractivity contribution is 5.10. The van der Waals surface area contributed by atoms with E-state index in [1.807, 2.05) is 6.33 Å². The molecule has 0 spiro atoms. The highest BCUT2D eigenvalue weighted by Gasteiger charge is 2.16. The maximum Gasteiger partial charge on any atom is 0.389 e. The summed E-state index contributed by atoms with van der Waals surface area (Å²) in [6.45, 7) is 0. The molecule has 0 aliphatic rings. The second-order valence-corrected chi connectivity index (χ2v) is 1.54. The third kappa shape index (κ3) is 1.28. The van der Waals surface area contributed by atoms with E-state index in [1.54, 1.807) is 0 Å². The van der Waals surface area contributed by atoms with Crippen molar-refractivity contribution in [1.82, 2.24) is 9.66 Å². The highest BCUT2D eigenvalue weighted by atomic mass is 16.7. The van der Waals surface area contributed by atoms with Crippen LogP contribution in [0.3, 0.4) is 0 Å². The topological polar surface area (TPSA) is 104 Å². The molecule has 0 aromatic carbocycles. The van der Waals surface area contributed by atoms with Gasteiger partial charge in [-0.3, -0.25) is 0 Å². The largest absolute Gasteiger partial charge is 0.389 e. The second kappa shape index (κ2) is 2.33. The van der Waals surface area contributed by atoms with Crippen LogP contribution < -0.4 is 0 Å². The van der Waals surface area contributed by atoms with Crippen LogP contribution in [0, 0.1) is 26.6 Å². The van der Waals surface area contributed by atoms with E-state index < -0.39 is 15.8 Å². The summed E-state index contributed by atoms with van der Waals surface area (Å²) in [5.74, 6) is -0.596. The maximum atomic E-state index is 9.92. The molecule has 1 aromatic rings. The van der Waals surface area contributed by atoms with Crippen molar-refractivity contribution in [2.75, 3.05) is 0 Å². The molecule has 0 unspecified atom stereocenters. The Labute approximate surface area is 59.3 Å². The molecule has 8 nitrogen and oxygen atoms in total. The summed E-state index contributed by atoms with van der Waals surface area (Å²) in [5.41, 5.74) is 0. The van der Waals surface area contributed by atoms with Gasteiger partial charge in [-0.15, -0.1) is 0 Å². The van der Waals surface area contributed by atoms with Crippen LogP contribution in [0.15, 0.2) is 6.20 Å². The van der Waals surface area contributed by atoms with E-state index in [0.29, 0.717) is 6.20 Å². The number of aromatic nitrogens is 2. The quantitative estimate of drug-likeness (QED) is 0.430. The predicted molar refractivity (Wildman–Crippen MR) is 30.1 cm³/mol. The zero-order chi connectivity index (χ0) is 8.43. The normalized spacial score (nSPS) is 9.45. The summed E-state index contributed by atoms with van der Waals surface area (Å²) in [5, 5.41) is 19.0. The molecule has 0 atom stereocenters. The lowest BCUT2D eigenvalue weighted by Crippen LogP contribution is -2.04. The third-order valence-electron chi connectivity index (χ3n) is 0.868. The molecule has 0 saturated heterocycles. The van der Waals surface area contributed by atoms with Gasteiger partial charge in [0, 0.05) is 0 Å². The van der Waals surface area contributed by atoms with Crippen LogP contribution in [0.4, 0.5) is 5.82 Å². The fraction of sp³-hybridized carbons (Fsp3) is 0. The Morgan fingerprint density at radius 1 is 1.55 bits per heavy atom. The molecular formula is C3HN4O4. The summed E-state index contributed by atoms with van der Waals surface area (Å²) in [6.07, 6.45) is 2.48. The minimum absolute atomic E-state index is 0.290. The summed E-state index contributed by atoms with van der Waals surface area (Å²) in [6, 6.07) is 0. The zero-order valence-corrected chi connectivity index (χ0v) is 5.00. The SMILES string of the molecule is O=[N+]([O-])c1cn([N+](=O)[O-])[c]n1. The molecule has 0 aliphatic heterocycles. The van der Waals surface area contributed by atoms with E-state index in [9.17, 15) is 20.2 Å². The number of nitrogens with zero attached hydrogens (tertiary/aromatic N) is 4. The molecule has 1 radical (unpaired) electrons. The van der Waals surface area contributed by atoms with E-state index >= 15 is 0 Å². The van der Waals surface area contributed by atoms with E-state index in [4.69, 9.17) is 0 Å². The van der Waals surface area contributed by atoms with Crippen LogP contribution in [0.2, 0.25) is 0 Å². The first-order valence-corrected chi connectivity index (χ1v) is 2.37. The van der Waals surface area contributed by atoms with Gasteiger partial charge in [-0.2, -0.15) is 0 Å². The Morgan fingerprint density at radius 3 is 2.45 bits per heavy atom. The molecule has 11 heavy (non-hydrogen) atoms. The first kappa shape index (κ1) is 7.12. The van der Waals surface area contributed by atoms with Crippen molar-refractivity contribution in [2.24, 2.45) is 0 Å². The van der Waals surface area contributed by atoms with Crippen LogP contribution in [0.1, 0.15) is 0 Å². The van der Waals surface area contributed by atoms with Crippen molar-refractivity contribution in [3.63, 3.8) is 0 Å². The number of rotatable bonds is 2. The van der Waals surface area contributed by atoms with E-state index in [2.05, 4.69) is 4.98 Å². The van der Waals surface area contributed by atoms with Crippen LogP contribution in [0.5, 0.6) is 0 Å². The Kier molecular flexibility index (Phi) is 1.51. The van der Waals surface area contributed by atoms with E-state index in [0.717, 1.165) is 0 Å².